The van der Waals surface area contributed by atoms with Crippen LogP contribution in [0.1, 0.15) is 26.3 Å². The van der Waals surface area contributed by atoms with Gasteiger partial charge in [-0.15, -0.1) is 10.2 Å². The Bertz CT molecular complexity index is 1300. The number of nitrogens with zero attached hydrogens (tertiary/aromatic N) is 2. The van der Waals surface area contributed by atoms with Crippen molar-refractivity contribution >= 4 is 17.6 Å². The monoisotopic (exact) mass is 429 g/mol. The quantitative estimate of drug-likeness (QED) is 0.356. The topological polar surface area (TPSA) is 115 Å². The van der Waals surface area contributed by atoms with E-state index in [0.717, 1.165) is 11.1 Å². The molecule has 0 atom stereocenters. The van der Waals surface area contributed by atoms with Gasteiger partial charge in [-0.1, -0.05) is 23.8 Å². The number of aromatic hydroxyl groups is 1. The third-order valence-corrected chi connectivity index (χ3v) is 4.77. The molecule has 0 radical (unpaired) electrons. The minimum Gasteiger partial charge on any atom is -0.505 e. The molecule has 1 aromatic heterocycles. The lowest BCUT2D eigenvalue weighted by Crippen LogP contribution is -2.13. The molecule has 4 aromatic rings. The molecule has 0 bridgehead atoms. The fourth-order valence-electron chi connectivity index (χ4n) is 3.11. The van der Waals surface area contributed by atoms with Crippen LogP contribution < -0.4 is 5.32 Å². The molecule has 32 heavy (non-hydrogen) atoms. The van der Waals surface area contributed by atoms with Crippen LogP contribution >= 0.6 is 0 Å². The van der Waals surface area contributed by atoms with Crippen LogP contribution in [-0.2, 0) is 4.74 Å². The summed E-state index contributed by atoms with van der Waals surface area (Å²) in [6, 6.07) is 18.7. The summed E-state index contributed by atoms with van der Waals surface area (Å²) in [4.78, 5) is 24.3. The van der Waals surface area contributed by atoms with Gasteiger partial charge >= 0.3 is 5.97 Å². The standard InChI is InChI=1S/C24H19N3O5/c1-14-5-3-6-17(13-14)23-27-26-22(32-23)16-11-9-15(10-12-16)21(29)25-19-8-4-7-18(20(19)28)24(30)31-2/h3-13,28H,1-2H3,(H,25,29). The average molecular weight is 429 g/mol. The van der Waals surface area contributed by atoms with Crippen molar-refractivity contribution in [1.29, 1.82) is 0 Å². The molecule has 8 heteroatoms. The zero-order valence-electron chi connectivity index (χ0n) is 17.3. The molecule has 0 unspecified atom stereocenters. The van der Waals surface area contributed by atoms with E-state index < -0.39 is 11.9 Å². The Balaban J connectivity index is 1.51. The molecule has 0 saturated heterocycles. The molecule has 1 heterocycles. The highest BCUT2D eigenvalue weighted by Crippen LogP contribution is 2.29. The van der Waals surface area contributed by atoms with E-state index in [9.17, 15) is 14.7 Å². The molecule has 0 aliphatic carbocycles. The van der Waals surface area contributed by atoms with Gasteiger partial charge < -0.3 is 19.6 Å². The number of hydrogen-bond donors (Lipinski definition) is 2. The highest BCUT2D eigenvalue weighted by atomic mass is 16.5. The van der Waals surface area contributed by atoms with Gasteiger partial charge in [-0.05, 0) is 55.5 Å². The largest absolute Gasteiger partial charge is 0.505 e. The highest BCUT2D eigenvalue weighted by Gasteiger charge is 2.17. The lowest BCUT2D eigenvalue weighted by Gasteiger charge is -2.10. The number of carbonyl (C=O) groups excluding carboxylic acids is 2. The van der Waals surface area contributed by atoms with Crippen molar-refractivity contribution in [3.8, 4) is 28.7 Å². The van der Waals surface area contributed by atoms with Crippen LogP contribution in [0.2, 0.25) is 0 Å². The number of amides is 1. The summed E-state index contributed by atoms with van der Waals surface area (Å²) in [5.74, 6) is -0.783. The molecule has 4 rings (SSSR count). The van der Waals surface area contributed by atoms with Gasteiger partial charge in [0.2, 0.25) is 11.8 Å². The Morgan fingerprint density at radius 1 is 0.938 bits per heavy atom. The van der Waals surface area contributed by atoms with E-state index >= 15 is 0 Å². The number of carbonyl (C=O) groups is 2. The molecular formula is C24H19N3O5. The predicted octanol–water partition coefficient (Wildman–Crippen LogP) is 4.46. The van der Waals surface area contributed by atoms with Crippen molar-refractivity contribution in [2.75, 3.05) is 12.4 Å². The summed E-state index contributed by atoms with van der Waals surface area (Å²) in [6.07, 6.45) is 0. The lowest BCUT2D eigenvalue weighted by atomic mass is 10.1. The second kappa shape index (κ2) is 8.73. The predicted molar refractivity (Wildman–Crippen MR) is 117 cm³/mol. The Kier molecular flexibility index (Phi) is 5.67. The van der Waals surface area contributed by atoms with E-state index in [1.807, 2.05) is 31.2 Å². The fraction of sp³-hybridized carbons (Fsp3) is 0.0833. The van der Waals surface area contributed by atoms with Crippen LogP contribution in [0.4, 0.5) is 5.69 Å². The first kappa shape index (κ1) is 20.8. The zero-order chi connectivity index (χ0) is 22.7. The molecule has 0 saturated carbocycles. The van der Waals surface area contributed by atoms with E-state index in [-0.39, 0.29) is 17.0 Å². The first-order valence-corrected chi connectivity index (χ1v) is 9.69. The summed E-state index contributed by atoms with van der Waals surface area (Å²) in [6.45, 7) is 1.98. The van der Waals surface area contributed by atoms with Gasteiger partial charge in [-0.25, -0.2) is 4.79 Å². The first-order valence-electron chi connectivity index (χ1n) is 9.69. The average Bonchev–Trinajstić information content (AvgIpc) is 3.30. The molecule has 8 nitrogen and oxygen atoms in total. The number of hydrogen-bond acceptors (Lipinski definition) is 7. The molecule has 1 amide bonds. The van der Waals surface area contributed by atoms with Crippen molar-refractivity contribution in [3.63, 3.8) is 0 Å². The lowest BCUT2D eigenvalue weighted by molar-refractivity contribution is 0.0597. The maximum absolute atomic E-state index is 12.6. The number of nitrogens with one attached hydrogen (secondary N) is 1. The van der Waals surface area contributed by atoms with Crippen LogP contribution in [0.3, 0.4) is 0 Å². The Morgan fingerprint density at radius 2 is 1.62 bits per heavy atom. The van der Waals surface area contributed by atoms with Gasteiger partial charge in [-0.3, -0.25) is 4.79 Å². The number of rotatable bonds is 5. The fourth-order valence-corrected chi connectivity index (χ4v) is 3.11. The van der Waals surface area contributed by atoms with Gasteiger partial charge in [-0.2, -0.15) is 0 Å². The van der Waals surface area contributed by atoms with Crippen molar-refractivity contribution < 1.29 is 23.8 Å². The van der Waals surface area contributed by atoms with E-state index in [4.69, 9.17) is 4.42 Å². The third kappa shape index (κ3) is 4.20. The second-order valence-corrected chi connectivity index (χ2v) is 7.01. The summed E-state index contributed by atoms with van der Waals surface area (Å²) in [5, 5.41) is 21.0. The molecule has 3 aromatic carbocycles. The molecular weight excluding hydrogens is 410 g/mol. The van der Waals surface area contributed by atoms with Crippen molar-refractivity contribution in [3.05, 3.63) is 83.4 Å². The number of benzene rings is 3. The summed E-state index contributed by atoms with van der Waals surface area (Å²) in [7, 11) is 1.21. The zero-order valence-corrected chi connectivity index (χ0v) is 17.3. The Hall–Kier alpha value is -4.46. The number of aromatic nitrogens is 2. The van der Waals surface area contributed by atoms with Gasteiger partial charge in [0.1, 0.15) is 5.56 Å². The van der Waals surface area contributed by atoms with E-state index in [1.54, 1.807) is 24.3 Å². The number of esters is 1. The number of methoxy groups -OCH3 is 1. The molecule has 160 valence electrons. The van der Waals surface area contributed by atoms with Gasteiger partial charge in [0.15, 0.2) is 5.75 Å². The van der Waals surface area contributed by atoms with Gasteiger partial charge in [0, 0.05) is 16.7 Å². The maximum Gasteiger partial charge on any atom is 0.341 e. The minimum absolute atomic E-state index is 0.0403. The maximum atomic E-state index is 12.6. The number of anilines is 1. The van der Waals surface area contributed by atoms with Crippen LogP contribution in [0, 0.1) is 6.92 Å². The summed E-state index contributed by atoms with van der Waals surface area (Å²) < 4.78 is 10.4. The van der Waals surface area contributed by atoms with Crippen molar-refractivity contribution in [2.24, 2.45) is 0 Å². The van der Waals surface area contributed by atoms with Crippen LogP contribution in [-0.4, -0.2) is 34.3 Å². The minimum atomic E-state index is -0.701. The number of phenolic OH excluding ortho intramolecular Hbond substituents is 1. The van der Waals surface area contributed by atoms with Crippen LogP contribution in [0.15, 0.2) is 71.1 Å². The molecule has 0 fully saturated rings. The van der Waals surface area contributed by atoms with Crippen LogP contribution in [0.25, 0.3) is 22.9 Å². The van der Waals surface area contributed by atoms with E-state index in [0.29, 0.717) is 22.9 Å². The Labute approximate surface area is 183 Å². The molecule has 2 N–H and O–H groups in total. The third-order valence-electron chi connectivity index (χ3n) is 4.77. The number of ether oxygens (including phenoxy) is 1. The molecule has 0 spiro atoms. The van der Waals surface area contributed by atoms with Gasteiger partial charge in [0.25, 0.3) is 5.91 Å². The smallest absolute Gasteiger partial charge is 0.341 e. The van der Waals surface area contributed by atoms with E-state index in [2.05, 4.69) is 20.3 Å². The SMILES string of the molecule is COC(=O)c1cccc(NC(=O)c2ccc(-c3nnc(-c4cccc(C)c4)o3)cc2)c1O. The normalized spacial score (nSPS) is 10.6. The Morgan fingerprint density at radius 3 is 2.31 bits per heavy atom. The second-order valence-electron chi connectivity index (χ2n) is 7.01. The summed E-state index contributed by atoms with van der Waals surface area (Å²) in [5.41, 5.74) is 2.97. The van der Waals surface area contributed by atoms with E-state index in [1.165, 1.54) is 25.3 Å². The van der Waals surface area contributed by atoms with Crippen molar-refractivity contribution in [1.82, 2.24) is 10.2 Å². The van der Waals surface area contributed by atoms with Gasteiger partial charge in [0.05, 0.1) is 12.8 Å². The number of phenols is 1. The molecule has 0 aliphatic heterocycles. The summed E-state index contributed by atoms with van der Waals surface area (Å²) >= 11 is 0. The molecule has 0 aliphatic rings. The number of aryl methyl sites for hydroxylation is 1. The first-order chi connectivity index (χ1) is 15.5. The van der Waals surface area contributed by atoms with Crippen molar-refractivity contribution in [2.45, 2.75) is 6.92 Å². The highest BCUT2D eigenvalue weighted by molar-refractivity contribution is 6.06. The van der Waals surface area contributed by atoms with Crippen LogP contribution in [0.5, 0.6) is 5.75 Å². The number of para-hydroxylation sites is 1.